The molecule has 0 saturated carbocycles. The number of sulfonamides is 1. The van der Waals surface area contributed by atoms with E-state index < -0.39 is 16.0 Å². The molecule has 19 heavy (non-hydrogen) atoms. The lowest BCUT2D eigenvalue weighted by Crippen LogP contribution is -2.30. The van der Waals surface area contributed by atoms with Gasteiger partial charge in [0.2, 0.25) is 10.0 Å². The number of benzene rings is 1. The molecule has 1 unspecified atom stereocenters. The molecule has 0 aliphatic heterocycles. The molecule has 1 rings (SSSR count). The van der Waals surface area contributed by atoms with Gasteiger partial charge in [-0.1, -0.05) is 29.3 Å². The van der Waals surface area contributed by atoms with Crippen LogP contribution in [-0.2, 0) is 14.8 Å². The van der Waals surface area contributed by atoms with E-state index in [0.29, 0.717) is 6.42 Å². The second-order valence-electron chi connectivity index (χ2n) is 4.18. The second kappa shape index (κ2) is 7.02. The highest BCUT2D eigenvalue weighted by atomic mass is 79.9. The maximum absolute atomic E-state index is 12.0. The zero-order valence-electron chi connectivity index (χ0n) is 10.5. The number of hydrogen-bond acceptors (Lipinski definition) is 3. The summed E-state index contributed by atoms with van der Waals surface area (Å²) in [5.41, 5.74) is 0. The molecule has 0 aromatic heterocycles. The summed E-state index contributed by atoms with van der Waals surface area (Å²) in [6, 6.07) is 6.27. The van der Waals surface area contributed by atoms with Crippen molar-refractivity contribution in [3.63, 3.8) is 0 Å². The molecule has 106 valence electrons. The molecule has 2 N–H and O–H groups in total. The average Bonchev–Trinajstić information content (AvgIpc) is 2.34. The Balaban J connectivity index is 2.69. The van der Waals surface area contributed by atoms with Crippen LogP contribution < -0.4 is 4.72 Å². The van der Waals surface area contributed by atoms with Gasteiger partial charge in [-0.3, -0.25) is 4.79 Å². The van der Waals surface area contributed by atoms with Crippen molar-refractivity contribution in [2.75, 3.05) is 6.54 Å². The Hall–Kier alpha value is -0.920. The molecule has 0 amide bonds. The molecule has 5 nitrogen and oxygen atoms in total. The first-order valence-electron chi connectivity index (χ1n) is 5.82. The van der Waals surface area contributed by atoms with Crippen molar-refractivity contribution in [1.29, 1.82) is 0 Å². The lowest BCUT2D eigenvalue weighted by Gasteiger charge is -2.13. The molecule has 0 aliphatic carbocycles. The minimum Gasteiger partial charge on any atom is -0.481 e. The normalized spacial score (nSPS) is 13.2. The summed E-state index contributed by atoms with van der Waals surface area (Å²) in [5.74, 6) is -1.13. The van der Waals surface area contributed by atoms with Gasteiger partial charge in [-0.15, -0.1) is 0 Å². The monoisotopic (exact) mass is 349 g/mol. The fourth-order valence-electron chi connectivity index (χ4n) is 1.53. The molecule has 0 heterocycles. The van der Waals surface area contributed by atoms with E-state index in [2.05, 4.69) is 20.7 Å². The van der Waals surface area contributed by atoms with Crippen LogP contribution in [0.2, 0.25) is 0 Å². The van der Waals surface area contributed by atoms with Crippen LogP contribution in [-0.4, -0.2) is 26.0 Å². The molecule has 7 heteroatoms. The summed E-state index contributed by atoms with van der Waals surface area (Å²) < 4.78 is 27.2. The SMILES string of the molecule is CCC(CNS(=O)(=O)c1ccc(Br)cc1)CC(=O)O. The minimum absolute atomic E-state index is 0.0423. The molecule has 0 aliphatic rings. The van der Waals surface area contributed by atoms with Gasteiger partial charge in [-0.25, -0.2) is 13.1 Å². The molecule has 0 spiro atoms. The third kappa shape index (κ3) is 5.30. The number of carboxylic acid groups (broad SMARTS) is 1. The zero-order valence-corrected chi connectivity index (χ0v) is 12.9. The van der Waals surface area contributed by atoms with Crippen molar-refractivity contribution < 1.29 is 18.3 Å². The van der Waals surface area contributed by atoms with Crippen molar-refractivity contribution >= 4 is 31.9 Å². The van der Waals surface area contributed by atoms with E-state index in [1.54, 1.807) is 12.1 Å². The van der Waals surface area contributed by atoms with Crippen LogP contribution in [0.15, 0.2) is 33.6 Å². The Morgan fingerprint density at radius 3 is 2.42 bits per heavy atom. The van der Waals surface area contributed by atoms with E-state index in [4.69, 9.17) is 5.11 Å². The second-order valence-corrected chi connectivity index (χ2v) is 6.86. The quantitative estimate of drug-likeness (QED) is 0.790. The predicted octanol–water partition coefficient (Wildman–Crippen LogP) is 2.23. The molecule has 1 atom stereocenters. The van der Waals surface area contributed by atoms with Crippen molar-refractivity contribution in [2.45, 2.75) is 24.7 Å². The van der Waals surface area contributed by atoms with Crippen molar-refractivity contribution in [3.8, 4) is 0 Å². The third-order valence-electron chi connectivity index (χ3n) is 2.73. The molecule has 0 radical (unpaired) electrons. The first-order valence-corrected chi connectivity index (χ1v) is 8.09. The smallest absolute Gasteiger partial charge is 0.303 e. The summed E-state index contributed by atoms with van der Waals surface area (Å²) in [6.45, 7) is 1.96. The molecular formula is C12H16BrNO4S. The Morgan fingerprint density at radius 2 is 1.95 bits per heavy atom. The summed E-state index contributed by atoms with van der Waals surface area (Å²) in [5, 5.41) is 8.71. The van der Waals surface area contributed by atoms with Crippen molar-refractivity contribution in [3.05, 3.63) is 28.7 Å². The molecule has 0 fully saturated rings. The highest BCUT2D eigenvalue weighted by molar-refractivity contribution is 9.10. The van der Waals surface area contributed by atoms with Gasteiger partial charge < -0.3 is 5.11 Å². The average molecular weight is 350 g/mol. The largest absolute Gasteiger partial charge is 0.481 e. The standard InChI is InChI=1S/C12H16BrNO4S/c1-2-9(7-12(15)16)8-14-19(17,18)11-5-3-10(13)4-6-11/h3-6,9,14H,2,7-8H2,1H3,(H,15,16). The van der Waals surface area contributed by atoms with Gasteiger partial charge in [0.05, 0.1) is 4.90 Å². The van der Waals surface area contributed by atoms with Crippen molar-refractivity contribution in [1.82, 2.24) is 4.72 Å². The van der Waals surface area contributed by atoms with Crippen LogP contribution in [0.1, 0.15) is 19.8 Å². The van der Waals surface area contributed by atoms with E-state index in [1.807, 2.05) is 6.92 Å². The van der Waals surface area contributed by atoms with E-state index in [-0.39, 0.29) is 23.8 Å². The van der Waals surface area contributed by atoms with E-state index in [1.165, 1.54) is 12.1 Å². The summed E-state index contributed by atoms with van der Waals surface area (Å²) in [4.78, 5) is 10.8. The molecule has 0 bridgehead atoms. The maximum Gasteiger partial charge on any atom is 0.303 e. The lowest BCUT2D eigenvalue weighted by atomic mass is 10.0. The molecular weight excluding hydrogens is 334 g/mol. The topological polar surface area (TPSA) is 83.5 Å². The summed E-state index contributed by atoms with van der Waals surface area (Å²) in [6.07, 6.45) is 0.564. The first kappa shape index (κ1) is 16.1. The van der Waals surface area contributed by atoms with Crippen LogP contribution in [0, 0.1) is 5.92 Å². The van der Waals surface area contributed by atoms with E-state index >= 15 is 0 Å². The highest BCUT2D eigenvalue weighted by Gasteiger charge is 2.17. The van der Waals surface area contributed by atoms with E-state index in [0.717, 1.165) is 4.47 Å². The van der Waals surface area contributed by atoms with Gasteiger partial charge in [-0.05, 0) is 30.2 Å². The fraction of sp³-hybridized carbons (Fsp3) is 0.417. The minimum atomic E-state index is -3.58. The van der Waals surface area contributed by atoms with Gasteiger partial charge in [0.25, 0.3) is 0 Å². The number of aliphatic carboxylic acids is 1. The van der Waals surface area contributed by atoms with Crippen LogP contribution in [0.3, 0.4) is 0 Å². The first-order chi connectivity index (χ1) is 8.85. The molecule has 1 aromatic carbocycles. The summed E-state index contributed by atoms with van der Waals surface area (Å²) >= 11 is 3.23. The third-order valence-corrected chi connectivity index (χ3v) is 4.69. The van der Waals surface area contributed by atoms with Gasteiger partial charge in [0.15, 0.2) is 0 Å². The number of carbonyl (C=O) groups is 1. The van der Waals surface area contributed by atoms with E-state index in [9.17, 15) is 13.2 Å². The predicted molar refractivity (Wildman–Crippen MR) is 75.4 cm³/mol. The highest BCUT2D eigenvalue weighted by Crippen LogP contribution is 2.15. The number of rotatable bonds is 7. The molecule has 0 saturated heterocycles. The van der Waals surface area contributed by atoms with Crippen LogP contribution >= 0.6 is 15.9 Å². The number of nitrogens with one attached hydrogen (secondary N) is 1. The maximum atomic E-state index is 12.0. The van der Waals surface area contributed by atoms with Gasteiger partial charge in [-0.2, -0.15) is 0 Å². The number of hydrogen-bond donors (Lipinski definition) is 2. The van der Waals surface area contributed by atoms with Gasteiger partial charge >= 0.3 is 5.97 Å². The van der Waals surface area contributed by atoms with Crippen molar-refractivity contribution in [2.24, 2.45) is 5.92 Å². The van der Waals surface area contributed by atoms with Crippen LogP contribution in [0.5, 0.6) is 0 Å². The number of halogens is 1. The van der Waals surface area contributed by atoms with Crippen LogP contribution in [0.4, 0.5) is 0 Å². The van der Waals surface area contributed by atoms with Gasteiger partial charge in [0.1, 0.15) is 0 Å². The Labute approximate surface area is 121 Å². The number of carboxylic acids is 1. The fourth-order valence-corrected chi connectivity index (χ4v) is 2.91. The Bertz CT molecular complexity index is 527. The van der Waals surface area contributed by atoms with Crippen LogP contribution in [0.25, 0.3) is 0 Å². The van der Waals surface area contributed by atoms with Gasteiger partial charge in [0, 0.05) is 17.4 Å². The Kier molecular flexibility index (Phi) is 5.96. The lowest BCUT2D eigenvalue weighted by molar-refractivity contribution is -0.138. The zero-order chi connectivity index (χ0) is 14.5. The summed E-state index contributed by atoms with van der Waals surface area (Å²) in [7, 11) is -3.58. The molecule has 1 aromatic rings. The Morgan fingerprint density at radius 1 is 1.37 bits per heavy atom.